The summed E-state index contributed by atoms with van der Waals surface area (Å²) in [5.74, 6) is -1.00. The second-order valence-corrected chi connectivity index (χ2v) is 5.84. The summed E-state index contributed by atoms with van der Waals surface area (Å²) in [6.07, 6.45) is 5.86. The van der Waals surface area contributed by atoms with Crippen molar-refractivity contribution in [3.8, 4) is 0 Å². The molecule has 0 radical (unpaired) electrons. The van der Waals surface area contributed by atoms with Crippen LogP contribution in [0.4, 0.5) is 0 Å². The third kappa shape index (κ3) is 2.75. The van der Waals surface area contributed by atoms with Crippen molar-refractivity contribution in [2.24, 2.45) is 0 Å². The van der Waals surface area contributed by atoms with E-state index in [9.17, 15) is 9.59 Å². The molecular formula is C14H18N2O3S. The van der Waals surface area contributed by atoms with Gasteiger partial charge in [0.15, 0.2) is 0 Å². The summed E-state index contributed by atoms with van der Waals surface area (Å²) in [5.41, 5.74) is 0.394. The highest BCUT2D eigenvalue weighted by molar-refractivity contribution is 7.20. The van der Waals surface area contributed by atoms with Gasteiger partial charge in [-0.05, 0) is 18.9 Å². The molecule has 2 aromatic heterocycles. The molecule has 0 atom stereocenters. The summed E-state index contributed by atoms with van der Waals surface area (Å²) in [7, 11) is 0. The number of aromatic nitrogens is 2. The lowest BCUT2D eigenvalue weighted by atomic mass is 10.2. The third-order valence-corrected chi connectivity index (χ3v) is 4.55. The maximum Gasteiger partial charge on any atom is 0.346 e. The van der Waals surface area contributed by atoms with Gasteiger partial charge in [0.05, 0.1) is 11.7 Å². The summed E-state index contributed by atoms with van der Waals surface area (Å²) < 4.78 is 1.59. The summed E-state index contributed by atoms with van der Waals surface area (Å²) in [4.78, 5) is 28.4. The summed E-state index contributed by atoms with van der Waals surface area (Å²) in [5, 5.41) is 9.55. The second kappa shape index (κ2) is 6.17. The molecule has 0 amide bonds. The Labute approximate surface area is 120 Å². The third-order valence-electron chi connectivity index (χ3n) is 3.36. The number of hydrogen-bond acceptors (Lipinski definition) is 4. The SMILES string of the molecule is CCCCCCn1cnc2sc(C(=O)O)c(C)c2c1=O. The zero-order valence-electron chi connectivity index (χ0n) is 11.7. The van der Waals surface area contributed by atoms with Crippen molar-refractivity contribution >= 4 is 27.5 Å². The van der Waals surface area contributed by atoms with E-state index in [0.717, 1.165) is 37.0 Å². The van der Waals surface area contributed by atoms with Gasteiger partial charge >= 0.3 is 5.97 Å². The van der Waals surface area contributed by atoms with Gasteiger partial charge in [-0.25, -0.2) is 9.78 Å². The van der Waals surface area contributed by atoms with E-state index in [1.165, 1.54) is 6.33 Å². The van der Waals surface area contributed by atoms with Crippen LogP contribution in [-0.2, 0) is 6.54 Å². The molecule has 6 heteroatoms. The largest absolute Gasteiger partial charge is 0.477 e. The molecule has 108 valence electrons. The van der Waals surface area contributed by atoms with E-state index in [4.69, 9.17) is 5.11 Å². The first kappa shape index (κ1) is 14.7. The molecule has 2 heterocycles. The van der Waals surface area contributed by atoms with Gasteiger partial charge in [0, 0.05) is 6.54 Å². The normalized spacial score (nSPS) is 11.1. The fourth-order valence-electron chi connectivity index (χ4n) is 2.23. The van der Waals surface area contributed by atoms with Gasteiger partial charge in [-0.15, -0.1) is 11.3 Å². The lowest BCUT2D eigenvalue weighted by molar-refractivity contribution is 0.0701. The highest BCUT2D eigenvalue weighted by Crippen LogP contribution is 2.26. The fourth-order valence-corrected chi connectivity index (χ4v) is 3.21. The molecule has 2 rings (SSSR count). The van der Waals surface area contributed by atoms with Crippen LogP contribution >= 0.6 is 11.3 Å². The number of carboxylic acid groups (broad SMARTS) is 1. The Morgan fingerprint density at radius 1 is 1.40 bits per heavy atom. The molecule has 0 spiro atoms. The Bertz CT molecular complexity index is 688. The van der Waals surface area contributed by atoms with Crippen molar-refractivity contribution in [2.75, 3.05) is 0 Å². The van der Waals surface area contributed by atoms with Crippen LogP contribution in [0, 0.1) is 6.92 Å². The molecule has 0 saturated carbocycles. The molecule has 0 aliphatic rings. The number of carbonyl (C=O) groups is 1. The molecule has 0 fully saturated rings. The maximum absolute atomic E-state index is 12.4. The molecule has 0 aliphatic carbocycles. The average molecular weight is 294 g/mol. The first-order chi connectivity index (χ1) is 9.56. The van der Waals surface area contributed by atoms with Crippen LogP contribution in [0.15, 0.2) is 11.1 Å². The number of nitrogens with zero attached hydrogens (tertiary/aromatic N) is 2. The molecule has 0 aliphatic heterocycles. The number of aryl methyl sites for hydroxylation is 2. The second-order valence-electron chi connectivity index (χ2n) is 4.85. The van der Waals surface area contributed by atoms with E-state index in [-0.39, 0.29) is 10.4 Å². The lowest BCUT2D eigenvalue weighted by Gasteiger charge is -2.04. The molecular weight excluding hydrogens is 276 g/mol. The van der Waals surface area contributed by atoms with Gasteiger partial charge in [0.25, 0.3) is 5.56 Å². The van der Waals surface area contributed by atoms with Crippen molar-refractivity contribution in [2.45, 2.75) is 46.1 Å². The van der Waals surface area contributed by atoms with Crippen molar-refractivity contribution in [3.05, 3.63) is 27.1 Å². The number of rotatable bonds is 6. The Kier molecular flexibility index (Phi) is 4.54. The van der Waals surface area contributed by atoms with Gasteiger partial charge < -0.3 is 5.11 Å². The maximum atomic E-state index is 12.4. The topological polar surface area (TPSA) is 72.2 Å². The fraction of sp³-hybridized carbons (Fsp3) is 0.500. The lowest BCUT2D eigenvalue weighted by Crippen LogP contribution is -2.20. The number of unbranched alkanes of at least 4 members (excludes halogenated alkanes) is 3. The smallest absolute Gasteiger partial charge is 0.346 e. The number of carboxylic acids is 1. The number of fused-ring (bicyclic) bond motifs is 1. The predicted molar refractivity (Wildman–Crippen MR) is 79.7 cm³/mol. The summed E-state index contributed by atoms with van der Waals surface area (Å²) in [6, 6.07) is 0. The van der Waals surface area contributed by atoms with Crippen molar-refractivity contribution in [3.63, 3.8) is 0 Å². The average Bonchev–Trinajstić information content (AvgIpc) is 2.75. The van der Waals surface area contributed by atoms with Crippen LogP contribution < -0.4 is 5.56 Å². The van der Waals surface area contributed by atoms with E-state index in [1.807, 2.05) is 0 Å². The van der Waals surface area contributed by atoms with Crippen LogP contribution in [0.2, 0.25) is 0 Å². The van der Waals surface area contributed by atoms with E-state index < -0.39 is 5.97 Å². The van der Waals surface area contributed by atoms with E-state index in [1.54, 1.807) is 11.5 Å². The van der Waals surface area contributed by atoms with Crippen molar-refractivity contribution in [1.82, 2.24) is 9.55 Å². The summed E-state index contributed by atoms with van der Waals surface area (Å²) in [6.45, 7) is 4.45. The zero-order valence-corrected chi connectivity index (χ0v) is 12.5. The highest BCUT2D eigenvalue weighted by Gasteiger charge is 2.18. The van der Waals surface area contributed by atoms with Crippen LogP contribution in [0.3, 0.4) is 0 Å². The van der Waals surface area contributed by atoms with Gasteiger partial charge in [-0.1, -0.05) is 26.2 Å². The molecule has 1 N–H and O–H groups in total. The predicted octanol–water partition coefficient (Wildman–Crippen LogP) is 3.04. The van der Waals surface area contributed by atoms with E-state index >= 15 is 0 Å². The number of aromatic carboxylic acids is 1. The number of thiophene rings is 1. The minimum atomic E-state index is -1.00. The quantitative estimate of drug-likeness (QED) is 0.831. The Morgan fingerprint density at radius 3 is 2.80 bits per heavy atom. The van der Waals surface area contributed by atoms with Crippen LogP contribution in [-0.4, -0.2) is 20.6 Å². The molecule has 2 aromatic rings. The molecule has 5 nitrogen and oxygen atoms in total. The molecule has 0 unspecified atom stereocenters. The van der Waals surface area contributed by atoms with E-state index in [0.29, 0.717) is 22.3 Å². The van der Waals surface area contributed by atoms with Crippen molar-refractivity contribution in [1.29, 1.82) is 0 Å². The monoisotopic (exact) mass is 294 g/mol. The van der Waals surface area contributed by atoms with Crippen molar-refractivity contribution < 1.29 is 9.90 Å². The molecule has 0 bridgehead atoms. The first-order valence-corrected chi connectivity index (χ1v) is 7.59. The number of hydrogen-bond donors (Lipinski definition) is 1. The standard InChI is InChI=1S/C14H18N2O3S/c1-3-4-5-6-7-16-8-15-12-10(13(16)17)9(2)11(20-12)14(18)19/h8H,3-7H2,1-2H3,(H,18,19). The first-order valence-electron chi connectivity index (χ1n) is 6.78. The van der Waals surface area contributed by atoms with Gasteiger partial charge in [-0.2, -0.15) is 0 Å². The molecule has 0 saturated heterocycles. The molecule has 20 heavy (non-hydrogen) atoms. The molecule has 0 aromatic carbocycles. The zero-order chi connectivity index (χ0) is 14.7. The van der Waals surface area contributed by atoms with Gasteiger partial charge in [0.1, 0.15) is 9.71 Å². The van der Waals surface area contributed by atoms with Crippen LogP contribution in [0.25, 0.3) is 10.2 Å². The van der Waals surface area contributed by atoms with Crippen LogP contribution in [0.5, 0.6) is 0 Å². The Morgan fingerprint density at radius 2 is 2.15 bits per heavy atom. The minimum absolute atomic E-state index is 0.132. The highest BCUT2D eigenvalue weighted by atomic mass is 32.1. The Hall–Kier alpha value is -1.69. The van der Waals surface area contributed by atoms with Crippen LogP contribution in [0.1, 0.15) is 47.8 Å². The van der Waals surface area contributed by atoms with Gasteiger partial charge in [0.2, 0.25) is 0 Å². The summed E-state index contributed by atoms with van der Waals surface area (Å²) >= 11 is 1.06. The van der Waals surface area contributed by atoms with Gasteiger partial charge in [-0.3, -0.25) is 9.36 Å². The van der Waals surface area contributed by atoms with E-state index in [2.05, 4.69) is 11.9 Å². The Balaban J connectivity index is 2.35. The minimum Gasteiger partial charge on any atom is -0.477 e.